The Balaban J connectivity index is 2.67. The molecular weight excluding hydrogens is 260 g/mol. The minimum Gasteiger partial charge on any atom is -0.294 e. The van der Waals surface area contributed by atoms with Crippen molar-refractivity contribution < 1.29 is 8.42 Å². The molecule has 19 heavy (non-hydrogen) atoms. The van der Waals surface area contributed by atoms with E-state index in [4.69, 9.17) is 6.42 Å². The maximum Gasteiger partial charge on any atom is 0.211 e. The predicted octanol–water partition coefficient (Wildman–Crippen LogP) is 1.01. The second-order valence-corrected chi connectivity index (χ2v) is 6.51. The van der Waals surface area contributed by atoms with Crippen LogP contribution in [0, 0.1) is 12.3 Å². The van der Waals surface area contributed by atoms with Gasteiger partial charge in [0.2, 0.25) is 10.0 Å². The Morgan fingerprint density at radius 1 is 1.21 bits per heavy atom. The van der Waals surface area contributed by atoms with E-state index in [1.54, 1.807) is 0 Å². The van der Waals surface area contributed by atoms with E-state index in [1.165, 1.54) is 10.6 Å². The Labute approximate surface area is 116 Å². The fraction of sp³-hybridized carbons (Fsp3) is 0.429. The molecule has 104 valence electrons. The minimum atomic E-state index is -3.22. The van der Waals surface area contributed by atoms with Crippen LogP contribution in [-0.4, -0.2) is 50.6 Å². The lowest BCUT2D eigenvalue weighted by atomic mass is 10.2. The molecule has 0 aliphatic heterocycles. The van der Waals surface area contributed by atoms with E-state index >= 15 is 0 Å². The number of sulfonamides is 1. The zero-order valence-electron chi connectivity index (χ0n) is 11.4. The van der Waals surface area contributed by atoms with Gasteiger partial charge in [-0.1, -0.05) is 36.3 Å². The zero-order valence-corrected chi connectivity index (χ0v) is 12.2. The van der Waals surface area contributed by atoms with E-state index in [2.05, 4.69) is 5.92 Å². The normalized spacial score (nSPS) is 11.7. The molecule has 0 bridgehead atoms. The molecule has 0 spiro atoms. The van der Waals surface area contributed by atoms with Crippen LogP contribution in [0.3, 0.4) is 0 Å². The molecule has 5 heteroatoms. The third-order valence-electron chi connectivity index (χ3n) is 2.76. The van der Waals surface area contributed by atoms with Gasteiger partial charge in [-0.25, -0.2) is 8.42 Å². The quantitative estimate of drug-likeness (QED) is 0.700. The smallest absolute Gasteiger partial charge is 0.211 e. The predicted molar refractivity (Wildman–Crippen MR) is 78.0 cm³/mol. The molecule has 0 radical (unpaired) electrons. The van der Waals surface area contributed by atoms with Crippen LogP contribution in [0.4, 0.5) is 0 Å². The van der Waals surface area contributed by atoms with Crippen molar-refractivity contribution >= 4 is 10.0 Å². The van der Waals surface area contributed by atoms with Crippen molar-refractivity contribution in [3.8, 4) is 12.3 Å². The van der Waals surface area contributed by atoms with Gasteiger partial charge in [-0.3, -0.25) is 4.90 Å². The highest BCUT2D eigenvalue weighted by Crippen LogP contribution is 2.08. The highest BCUT2D eigenvalue weighted by molar-refractivity contribution is 7.88. The van der Waals surface area contributed by atoms with Crippen LogP contribution < -0.4 is 0 Å². The Morgan fingerprint density at radius 2 is 1.84 bits per heavy atom. The summed E-state index contributed by atoms with van der Waals surface area (Å²) in [6.07, 6.45) is 6.45. The van der Waals surface area contributed by atoms with Crippen LogP contribution in [0.15, 0.2) is 30.3 Å². The molecule has 0 aliphatic carbocycles. The molecule has 0 saturated heterocycles. The first-order valence-corrected chi connectivity index (χ1v) is 7.89. The van der Waals surface area contributed by atoms with E-state index < -0.39 is 10.0 Å². The summed E-state index contributed by atoms with van der Waals surface area (Å²) in [5.74, 6) is 2.54. The average molecular weight is 280 g/mol. The number of terminal acetylenes is 1. The van der Waals surface area contributed by atoms with Crippen LogP contribution in [0.5, 0.6) is 0 Å². The lowest BCUT2D eigenvalue weighted by Gasteiger charge is -2.22. The molecule has 0 aliphatic rings. The summed E-state index contributed by atoms with van der Waals surface area (Å²) in [5.41, 5.74) is 0.979. The summed E-state index contributed by atoms with van der Waals surface area (Å²) in [5, 5.41) is 0. The van der Waals surface area contributed by atoms with Crippen molar-refractivity contribution in [3.05, 3.63) is 35.9 Å². The fourth-order valence-corrected chi connectivity index (χ4v) is 2.46. The van der Waals surface area contributed by atoms with Crippen LogP contribution in [0.2, 0.25) is 0 Å². The molecule has 0 unspecified atom stereocenters. The molecule has 0 aromatic heterocycles. The Kier molecular flexibility index (Phi) is 6.03. The van der Waals surface area contributed by atoms with Gasteiger partial charge in [0.15, 0.2) is 0 Å². The lowest BCUT2D eigenvalue weighted by molar-refractivity contribution is 0.314. The summed E-state index contributed by atoms with van der Waals surface area (Å²) in [6, 6.07) is 9.56. The number of likely N-dealkylation sites (N-methyl/N-ethyl adjacent to an activating group) is 1. The molecular formula is C14H20N2O2S. The number of nitrogens with zero attached hydrogens (tertiary/aromatic N) is 2. The van der Waals surface area contributed by atoms with Gasteiger partial charge in [0.25, 0.3) is 0 Å². The van der Waals surface area contributed by atoms with Crippen LogP contribution in [0.25, 0.3) is 0 Å². The van der Waals surface area contributed by atoms with E-state index in [0.29, 0.717) is 26.2 Å². The number of hydrogen-bond donors (Lipinski definition) is 0. The van der Waals surface area contributed by atoms with E-state index in [9.17, 15) is 8.42 Å². The maximum absolute atomic E-state index is 11.8. The van der Waals surface area contributed by atoms with Gasteiger partial charge >= 0.3 is 0 Å². The first-order chi connectivity index (χ1) is 8.93. The largest absolute Gasteiger partial charge is 0.294 e. The standard InChI is InChI=1S/C14H20N2O2S/c1-4-10-15(2)11-12-16(19(3,17)18)13-14-8-6-5-7-9-14/h1,5-9H,10-13H2,2-3H3. The van der Waals surface area contributed by atoms with Crippen LogP contribution in [0.1, 0.15) is 5.56 Å². The number of benzene rings is 1. The van der Waals surface area contributed by atoms with E-state index in [1.807, 2.05) is 42.3 Å². The van der Waals surface area contributed by atoms with Crippen molar-refractivity contribution in [1.29, 1.82) is 0 Å². The SMILES string of the molecule is C#CCN(C)CCN(Cc1ccccc1)S(C)(=O)=O. The van der Waals surface area contributed by atoms with Crippen molar-refractivity contribution in [2.75, 3.05) is 32.9 Å². The molecule has 1 rings (SSSR count). The summed E-state index contributed by atoms with van der Waals surface area (Å²) in [4.78, 5) is 1.92. The Hall–Kier alpha value is -1.35. The van der Waals surface area contributed by atoms with E-state index in [-0.39, 0.29) is 0 Å². The summed E-state index contributed by atoms with van der Waals surface area (Å²) < 4.78 is 25.0. The molecule has 4 nitrogen and oxygen atoms in total. The van der Waals surface area contributed by atoms with Crippen LogP contribution >= 0.6 is 0 Å². The van der Waals surface area contributed by atoms with Crippen molar-refractivity contribution in [2.24, 2.45) is 0 Å². The summed E-state index contributed by atoms with van der Waals surface area (Å²) in [7, 11) is -1.34. The molecule has 0 amide bonds. The number of rotatable bonds is 7. The first kappa shape index (κ1) is 15.7. The lowest BCUT2D eigenvalue weighted by Crippen LogP contribution is -2.36. The third kappa shape index (κ3) is 5.88. The highest BCUT2D eigenvalue weighted by atomic mass is 32.2. The van der Waals surface area contributed by atoms with Gasteiger partial charge in [-0.15, -0.1) is 6.42 Å². The van der Waals surface area contributed by atoms with E-state index in [0.717, 1.165) is 5.56 Å². The third-order valence-corrected chi connectivity index (χ3v) is 4.01. The summed E-state index contributed by atoms with van der Waals surface area (Å²) in [6.45, 7) is 1.96. The zero-order chi connectivity index (χ0) is 14.3. The molecule has 1 aromatic rings. The molecule has 1 aromatic carbocycles. The highest BCUT2D eigenvalue weighted by Gasteiger charge is 2.17. The van der Waals surface area contributed by atoms with Gasteiger partial charge in [0.1, 0.15) is 0 Å². The molecule has 0 heterocycles. The first-order valence-electron chi connectivity index (χ1n) is 6.04. The van der Waals surface area contributed by atoms with Crippen molar-refractivity contribution in [1.82, 2.24) is 9.21 Å². The topological polar surface area (TPSA) is 40.6 Å². The second-order valence-electron chi connectivity index (χ2n) is 4.52. The monoisotopic (exact) mass is 280 g/mol. The van der Waals surface area contributed by atoms with Crippen LogP contribution in [-0.2, 0) is 16.6 Å². The van der Waals surface area contributed by atoms with Gasteiger partial charge in [0, 0.05) is 19.6 Å². The van der Waals surface area contributed by atoms with Gasteiger partial charge in [-0.05, 0) is 12.6 Å². The minimum absolute atomic E-state index is 0.392. The Morgan fingerprint density at radius 3 is 2.37 bits per heavy atom. The maximum atomic E-state index is 11.8. The molecule has 0 N–H and O–H groups in total. The van der Waals surface area contributed by atoms with Gasteiger partial charge < -0.3 is 0 Å². The van der Waals surface area contributed by atoms with Crippen molar-refractivity contribution in [2.45, 2.75) is 6.54 Å². The van der Waals surface area contributed by atoms with Gasteiger partial charge in [-0.2, -0.15) is 4.31 Å². The van der Waals surface area contributed by atoms with Gasteiger partial charge in [0.05, 0.1) is 12.8 Å². The molecule has 0 atom stereocenters. The molecule has 0 fully saturated rings. The average Bonchev–Trinajstić information content (AvgIpc) is 2.34. The second kappa shape index (κ2) is 7.29. The molecule has 0 saturated carbocycles. The Bertz CT molecular complexity index is 520. The summed E-state index contributed by atoms with van der Waals surface area (Å²) >= 11 is 0. The van der Waals surface area contributed by atoms with Crippen molar-refractivity contribution in [3.63, 3.8) is 0 Å². The fourth-order valence-electron chi connectivity index (χ4n) is 1.67. The number of hydrogen-bond acceptors (Lipinski definition) is 3.